The highest BCUT2D eigenvalue weighted by molar-refractivity contribution is 7.95. The standard InChI is InChI=1S/C9H8N2O3S/c1-7(12)11-8-2-4-9(5-3-8)15(13,14)6-10/h2-5H,1H3,(H,11,12). The number of sulfone groups is 1. The number of nitrogens with zero attached hydrogens (tertiary/aromatic N) is 1. The van der Waals surface area contributed by atoms with E-state index < -0.39 is 9.84 Å². The molecule has 1 amide bonds. The second kappa shape index (κ2) is 4.11. The van der Waals surface area contributed by atoms with Gasteiger partial charge in [0.2, 0.25) is 5.91 Å². The molecule has 0 heterocycles. The predicted octanol–water partition coefficient (Wildman–Crippen LogP) is 0.900. The topological polar surface area (TPSA) is 87.0 Å². The second-order valence-corrected chi connectivity index (χ2v) is 4.46. The highest BCUT2D eigenvalue weighted by Crippen LogP contribution is 2.14. The van der Waals surface area contributed by atoms with E-state index in [1.165, 1.54) is 36.6 Å². The molecule has 5 nitrogen and oxygen atoms in total. The van der Waals surface area contributed by atoms with Crippen LogP contribution in [-0.2, 0) is 14.6 Å². The number of rotatable bonds is 2. The number of nitriles is 1. The monoisotopic (exact) mass is 224 g/mol. The molecule has 0 unspecified atom stereocenters. The van der Waals surface area contributed by atoms with Crippen molar-refractivity contribution in [1.82, 2.24) is 0 Å². The second-order valence-electron chi connectivity index (χ2n) is 2.80. The van der Waals surface area contributed by atoms with Crippen LogP contribution < -0.4 is 5.32 Å². The first kappa shape index (κ1) is 11.2. The summed E-state index contributed by atoms with van der Waals surface area (Å²) in [7, 11) is -3.85. The number of anilines is 1. The maximum atomic E-state index is 11.1. The van der Waals surface area contributed by atoms with Gasteiger partial charge in [-0.25, -0.2) is 8.42 Å². The van der Waals surface area contributed by atoms with Gasteiger partial charge in [0, 0.05) is 12.6 Å². The Morgan fingerprint density at radius 2 is 1.87 bits per heavy atom. The summed E-state index contributed by atoms with van der Waals surface area (Å²) < 4.78 is 22.2. The van der Waals surface area contributed by atoms with E-state index in [1.807, 2.05) is 0 Å². The quantitative estimate of drug-likeness (QED) is 0.597. The largest absolute Gasteiger partial charge is 0.326 e. The van der Waals surface area contributed by atoms with E-state index in [-0.39, 0.29) is 10.8 Å². The lowest BCUT2D eigenvalue weighted by molar-refractivity contribution is -0.114. The van der Waals surface area contributed by atoms with E-state index in [9.17, 15) is 13.2 Å². The summed E-state index contributed by atoms with van der Waals surface area (Å²) in [6.07, 6.45) is 0. The number of carbonyl (C=O) groups excluding carboxylic acids is 1. The summed E-state index contributed by atoms with van der Waals surface area (Å²) in [5.41, 5.74) is 0.486. The summed E-state index contributed by atoms with van der Waals surface area (Å²) in [5.74, 6) is -0.245. The number of carbonyl (C=O) groups is 1. The van der Waals surface area contributed by atoms with Crippen LogP contribution in [0.3, 0.4) is 0 Å². The lowest BCUT2D eigenvalue weighted by atomic mass is 10.3. The third-order valence-electron chi connectivity index (χ3n) is 1.61. The molecule has 0 aliphatic heterocycles. The number of benzene rings is 1. The first-order chi connectivity index (χ1) is 6.95. The van der Waals surface area contributed by atoms with Gasteiger partial charge >= 0.3 is 0 Å². The van der Waals surface area contributed by atoms with E-state index in [0.29, 0.717) is 5.69 Å². The molecule has 0 aromatic heterocycles. The van der Waals surface area contributed by atoms with Crippen LogP contribution in [0, 0.1) is 10.7 Å². The van der Waals surface area contributed by atoms with Crippen molar-refractivity contribution < 1.29 is 13.2 Å². The number of thiocyanates is 1. The van der Waals surface area contributed by atoms with Gasteiger partial charge in [-0.1, -0.05) is 0 Å². The minimum absolute atomic E-state index is 0.0842. The van der Waals surface area contributed by atoms with Crippen molar-refractivity contribution in [2.24, 2.45) is 0 Å². The molecular formula is C9H8N2O3S. The van der Waals surface area contributed by atoms with Gasteiger partial charge in [-0.3, -0.25) is 4.79 Å². The van der Waals surface area contributed by atoms with Crippen LogP contribution in [0.5, 0.6) is 0 Å². The molecule has 0 fully saturated rings. The lowest BCUT2D eigenvalue weighted by Gasteiger charge is -2.01. The Kier molecular flexibility index (Phi) is 3.07. The fraction of sp³-hybridized carbons (Fsp3) is 0.111. The normalized spacial score (nSPS) is 10.4. The SMILES string of the molecule is CC(=O)Nc1ccc(S(=O)(=O)C#N)cc1. The molecule has 1 N–H and O–H groups in total. The van der Waals surface area contributed by atoms with Gasteiger partial charge in [-0.2, -0.15) is 5.26 Å². The third kappa shape index (κ3) is 2.79. The summed E-state index contributed by atoms with van der Waals surface area (Å²) in [6.45, 7) is 1.35. The highest BCUT2D eigenvalue weighted by atomic mass is 32.2. The van der Waals surface area contributed by atoms with Crippen molar-refractivity contribution in [3.63, 3.8) is 0 Å². The summed E-state index contributed by atoms with van der Waals surface area (Å²) in [4.78, 5) is 10.6. The Balaban J connectivity index is 3.02. The Morgan fingerprint density at radius 1 is 1.33 bits per heavy atom. The van der Waals surface area contributed by atoms with E-state index in [0.717, 1.165) is 0 Å². The van der Waals surface area contributed by atoms with Crippen molar-refractivity contribution in [2.45, 2.75) is 11.8 Å². The first-order valence-corrected chi connectivity index (χ1v) is 5.47. The van der Waals surface area contributed by atoms with Crippen LogP contribution in [0.4, 0.5) is 5.69 Å². The molecule has 0 bridgehead atoms. The molecule has 15 heavy (non-hydrogen) atoms. The molecule has 1 rings (SSSR count). The predicted molar refractivity (Wildman–Crippen MR) is 53.5 cm³/mol. The first-order valence-electron chi connectivity index (χ1n) is 3.99. The van der Waals surface area contributed by atoms with Crippen LogP contribution >= 0.6 is 0 Å². The molecule has 0 radical (unpaired) electrons. The summed E-state index contributed by atoms with van der Waals surface area (Å²) >= 11 is 0. The smallest absolute Gasteiger partial charge is 0.269 e. The molecule has 0 atom stereocenters. The minimum atomic E-state index is -3.85. The van der Waals surface area contributed by atoms with Crippen molar-refractivity contribution in [2.75, 3.05) is 5.32 Å². The van der Waals surface area contributed by atoms with Crippen molar-refractivity contribution in [3.05, 3.63) is 24.3 Å². The molecule has 0 aliphatic carbocycles. The zero-order valence-corrected chi connectivity index (χ0v) is 8.71. The number of hydrogen-bond acceptors (Lipinski definition) is 4. The summed E-state index contributed by atoms with van der Waals surface area (Å²) in [5, 5.41) is 12.0. The Labute approximate surface area is 87.3 Å². The molecule has 0 aliphatic rings. The molecule has 0 spiro atoms. The average molecular weight is 224 g/mol. The molecule has 1 aromatic rings. The van der Waals surface area contributed by atoms with Gasteiger partial charge < -0.3 is 5.32 Å². The van der Waals surface area contributed by atoms with E-state index >= 15 is 0 Å². The fourth-order valence-corrected chi connectivity index (χ4v) is 1.57. The molecule has 1 aromatic carbocycles. The van der Waals surface area contributed by atoms with Gasteiger partial charge in [0.25, 0.3) is 9.84 Å². The number of nitrogens with one attached hydrogen (secondary N) is 1. The molecule has 0 saturated heterocycles. The van der Waals surface area contributed by atoms with Gasteiger partial charge in [-0.15, -0.1) is 0 Å². The highest BCUT2D eigenvalue weighted by Gasteiger charge is 2.11. The van der Waals surface area contributed by atoms with Crippen LogP contribution in [0.1, 0.15) is 6.92 Å². The van der Waals surface area contributed by atoms with E-state index in [4.69, 9.17) is 5.26 Å². The van der Waals surface area contributed by atoms with Crippen LogP contribution in [0.2, 0.25) is 0 Å². The molecule has 6 heteroatoms. The van der Waals surface area contributed by atoms with Gasteiger partial charge in [0.05, 0.1) is 4.90 Å². The Hall–Kier alpha value is -1.87. The molecule has 0 saturated carbocycles. The van der Waals surface area contributed by atoms with Crippen LogP contribution in [0.15, 0.2) is 29.2 Å². The van der Waals surface area contributed by atoms with Crippen molar-refractivity contribution >= 4 is 21.4 Å². The average Bonchev–Trinajstić information content (AvgIpc) is 2.18. The zero-order chi connectivity index (χ0) is 11.5. The zero-order valence-electron chi connectivity index (χ0n) is 7.89. The maximum Gasteiger partial charge on any atom is 0.269 e. The Morgan fingerprint density at radius 3 is 2.27 bits per heavy atom. The lowest BCUT2D eigenvalue weighted by Crippen LogP contribution is -2.05. The minimum Gasteiger partial charge on any atom is -0.326 e. The van der Waals surface area contributed by atoms with Gasteiger partial charge in [-0.05, 0) is 24.3 Å². The summed E-state index contributed by atoms with van der Waals surface area (Å²) in [6, 6.07) is 5.38. The van der Waals surface area contributed by atoms with Crippen molar-refractivity contribution in [1.29, 1.82) is 5.26 Å². The van der Waals surface area contributed by atoms with Gasteiger partial charge in [0.15, 0.2) is 5.40 Å². The van der Waals surface area contributed by atoms with Crippen LogP contribution in [-0.4, -0.2) is 14.3 Å². The fourth-order valence-electron chi connectivity index (χ4n) is 0.973. The molecule has 78 valence electrons. The molecular weight excluding hydrogens is 216 g/mol. The maximum absolute atomic E-state index is 11.1. The van der Waals surface area contributed by atoms with Crippen molar-refractivity contribution in [3.8, 4) is 5.40 Å². The third-order valence-corrected chi connectivity index (χ3v) is 2.74. The van der Waals surface area contributed by atoms with Crippen LogP contribution in [0.25, 0.3) is 0 Å². The van der Waals surface area contributed by atoms with E-state index in [1.54, 1.807) is 0 Å². The van der Waals surface area contributed by atoms with E-state index in [2.05, 4.69) is 5.32 Å². The number of amides is 1. The number of hydrogen-bond donors (Lipinski definition) is 1. The van der Waals surface area contributed by atoms with Gasteiger partial charge in [0.1, 0.15) is 0 Å². The Bertz CT molecular complexity index is 511.